The van der Waals surface area contributed by atoms with Gasteiger partial charge < -0.3 is 0 Å². The van der Waals surface area contributed by atoms with Crippen LogP contribution in [0.2, 0.25) is 0 Å². The summed E-state index contributed by atoms with van der Waals surface area (Å²) in [5, 5.41) is 0. The van der Waals surface area contributed by atoms with Crippen LogP contribution in [0.25, 0.3) is 0 Å². The van der Waals surface area contributed by atoms with Crippen molar-refractivity contribution in [3.05, 3.63) is 71.8 Å². The van der Waals surface area contributed by atoms with E-state index in [1.54, 1.807) is 0 Å². The standard InChI is InChI=1S/C23H24N2O2/c26-20(18-14-22(18)12-7-13-22)24-25-21(27)19-15-23(19,16-8-3-1-4-9-16)17-10-5-2-6-11-17/h1-6,8-11,18-19H,7,12-15H2,(H,24,26)(H,25,27)/t18-,19+/m0/s1. The first-order chi connectivity index (χ1) is 13.2. The molecule has 5 rings (SSSR count). The largest absolute Gasteiger partial charge is 0.273 e. The predicted octanol–water partition coefficient (Wildman–Crippen LogP) is 3.33. The molecule has 0 unspecified atom stereocenters. The fourth-order valence-electron chi connectivity index (χ4n) is 5.05. The van der Waals surface area contributed by atoms with Gasteiger partial charge in [0.05, 0.1) is 5.92 Å². The Hall–Kier alpha value is -2.62. The molecule has 27 heavy (non-hydrogen) atoms. The number of benzene rings is 2. The van der Waals surface area contributed by atoms with E-state index >= 15 is 0 Å². The number of amides is 2. The van der Waals surface area contributed by atoms with Crippen molar-refractivity contribution in [3.63, 3.8) is 0 Å². The van der Waals surface area contributed by atoms with E-state index in [0.29, 0.717) is 0 Å². The molecule has 0 aliphatic heterocycles. The van der Waals surface area contributed by atoms with E-state index in [1.807, 2.05) is 36.4 Å². The Morgan fingerprint density at radius 1 is 0.741 bits per heavy atom. The van der Waals surface area contributed by atoms with E-state index < -0.39 is 0 Å². The highest BCUT2D eigenvalue weighted by atomic mass is 16.2. The summed E-state index contributed by atoms with van der Waals surface area (Å²) in [4.78, 5) is 25.2. The van der Waals surface area contributed by atoms with Crippen LogP contribution in [0.5, 0.6) is 0 Å². The molecule has 3 fully saturated rings. The minimum absolute atomic E-state index is 0.0197. The maximum Gasteiger partial charge on any atom is 0.242 e. The summed E-state index contributed by atoms with van der Waals surface area (Å²) in [5.41, 5.74) is 7.67. The van der Waals surface area contributed by atoms with Crippen molar-refractivity contribution in [3.8, 4) is 0 Å². The zero-order valence-corrected chi connectivity index (χ0v) is 15.3. The molecule has 3 saturated carbocycles. The van der Waals surface area contributed by atoms with E-state index in [9.17, 15) is 9.59 Å². The van der Waals surface area contributed by atoms with Crippen LogP contribution in [-0.2, 0) is 15.0 Å². The van der Waals surface area contributed by atoms with E-state index in [4.69, 9.17) is 0 Å². The van der Waals surface area contributed by atoms with Crippen LogP contribution in [0.4, 0.5) is 0 Å². The van der Waals surface area contributed by atoms with Gasteiger partial charge in [-0.25, -0.2) is 0 Å². The van der Waals surface area contributed by atoms with E-state index in [2.05, 4.69) is 35.1 Å². The Morgan fingerprint density at radius 3 is 1.70 bits per heavy atom. The van der Waals surface area contributed by atoms with Gasteiger partial charge >= 0.3 is 0 Å². The number of hydrogen-bond acceptors (Lipinski definition) is 2. The van der Waals surface area contributed by atoms with Crippen LogP contribution in [0.1, 0.15) is 43.2 Å². The number of nitrogens with one attached hydrogen (secondary N) is 2. The number of rotatable bonds is 4. The van der Waals surface area contributed by atoms with Crippen LogP contribution < -0.4 is 10.9 Å². The smallest absolute Gasteiger partial charge is 0.242 e. The minimum atomic E-state index is -0.299. The number of hydrazine groups is 1. The fourth-order valence-corrected chi connectivity index (χ4v) is 5.05. The van der Waals surface area contributed by atoms with Crippen LogP contribution in [0, 0.1) is 17.3 Å². The lowest BCUT2D eigenvalue weighted by atomic mass is 9.80. The van der Waals surface area contributed by atoms with Crippen molar-refractivity contribution in [1.29, 1.82) is 0 Å². The van der Waals surface area contributed by atoms with Crippen molar-refractivity contribution in [2.75, 3.05) is 0 Å². The van der Waals surface area contributed by atoms with Gasteiger partial charge in [0.25, 0.3) is 0 Å². The maximum absolute atomic E-state index is 12.8. The number of hydrogen-bond donors (Lipinski definition) is 2. The molecule has 3 aliphatic rings. The first-order valence-electron chi connectivity index (χ1n) is 9.87. The molecule has 0 radical (unpaired) electrons. The second-order valence-electron chi connectivity index (χ2n) is 8.41. The molecule has 2 N–H and O–H groups in total. The van der Waals surface area contributed by atoms with Gasteiger partial charge in [0.15, 0.2) is 0 Å². The quantitative estimate of drug-likeness (QED) is 0.822. The summed E-state index contributed by atoms with van der Waals surface area (Å²) >= 11 is 0. The van der Waals surface area contributed by atoms with Gasteiger partial charge in [-0.2, -0.15) is 0 Å². The summed E-state index contributed by atoms with van der Waals surface area (Å²) in [7, 11) is 0. The van der Waals surface area contributed by atoms with E-state index in [-0.39, 0.29) is 34.5 Å². The van der Waals surface area contributed by atoms with Crippen LogP contribution >= 0.6 is 0 Å². The maximum atomic E-state index is 12.8. The molecule has 2 aromatic carbocycles. The van der Waals surface area contributed by atoms with E-state index in [0.717, 1.165) is 36.8 Å². The number of carbonyl (C=O) groups is 2. The van der Waals surface area contributed by atoms with Gasteiger partial charge in [-0.1, -0.05) is 67.1 Å². The molecular weight excluding hydrogens is 336 g/mol. The first kappa shape index (κ1) is 16.5. The third-order valence-electron chi connectivity index (χ3n) is 7.02. The van der Waals surface area contributed by atoms with Gasteiger partial charge in [0.2, 0.25) is 11.8 Å². The van der Waals surface area contributed by atoms with Crippen molar-refractivity contribution < 1.29 is 9.59 Å². The molecule has 3 aliphatic carbocycles. The lowest BCUT2D eigenvalue weighted by Gasteiger charge is -2.26. The molecule has 0 aromatic heterocycles. The van der Waals surface area contributed by atoms with Crippen molar-refractivity contribution in [1.82, 2.24) is 10.9 Å². The van der Waals surface area contributed by atoms with Crippen molar-refractivity contribution in [2.45, 2.75) is 37.5 Å². The summed E-state index contributed by atoms with van der Waals surface area (Å²) in [6.45, 7) is 0. The molecule has 138 valence electrons. The van der Waals surface area contributed by atoms with Gasteiger partial charge in [-0.15, -0.1) is 0 Å². The van der Waals surface area contributed by atoms with Gasteiger partial charge in [-0.05, 0) is 42.2 Å². The normalized spacial score (nSPS) is 25.9. The second-order valence-corrected chi connectivity index (χ2v) is 8.41. The topological polar surface area (TPSA) is 58.2 Å². The van der Waals surface area contributed by atoms with Gasteiger partial charge in [0, 0.05) is 11.3 Å². The van der Waals surface area contributed by atoms with E-state index in [1.165, 1.54) is 6.42 Å². The molecule has 0 bridgehead atoms. The molecule has 1 spiro atoms. The molecular formula is C23H24N2O2. The monoisotopic (exact) mass is 360 g/mol. The van der Waals surface area contributed by atoms with Crippen LogP contribution in [0.15, 0.2) is 60.7 Å². The highest BCUT2D eigenvalue weighted by molar-refractivity contribution is 5.89. The van der Waals surface area contributed by atoms with Crippen molar-refractivity contribution in [2.24, 2.45) is 17.3 Å². The lowest BCUT2D eigenvalue weighted by molar-refractivity contribution is -0.131. The Kier molecular flexibility index (Phi) is 3.64. The minimum Gasteiger partial charge on any atom is -0.273 e. The Balaban J connectivity index is 1.30. The Labute approximate surface area is 159 Å². The predicted molar refractivity (Wildman–Crippen MR) is 102 cm³/mol. The molecule has 2 atom stereocenters. The van der Waals surface area contributed by atoms with Crippen LogP contribution in [0.3, 0.4) is 0 Å². The molecule has 2 aromatic rings. The van der Waals surface area contributed by atoms with Crippen LogP contribution in [-0.4, -0.2) is 11.8 Å². The molecule has 0 heterocycles. The average molecular weight is 360 g/mol. The summed E-state index contributed by atoms with van der Waals surface area (Å²) in [6, 6.07) is 20.4. The molecule has 4 nitrogen and oxygen atoms in total. The summed E-state index contributed by atoms with van der Waals surface area (Å²) < 4.78 is 0. The number of carbonyl (C=O) groups excluding carboxylic acids is 2. The molecule has 2 amide bonds. The fraction of sp³-hybridized carbons (Fsp3) is 0.391. The third-order valence-corrected chi connectivity index (χ3v) is 7.02. The highest BCUT2D eigenvalue weighted by Crippen LogP contribution is 2.65. The Bertz CT molecular complexity index is 834. The zero-order valence-electron chi connectivity index (χ0n) is 15.3. The summed E-state index contributed by atoms with van der Waals surface area (Å²) in [5.74, 6) is -0.189. The average Bonchev–Trinajstić information content (AvgIpc) is 3.59. The second kappa shape index (κ2) is 5.95. The first-order valence-corrected chi connectivity index (χ1v) is 9.87. The third kappa shape index (κ3) is 2.58. The van der Waals surface area contributed by atoms with Gasteiger partial charge in [-0.3, -0.25) is 20.4 Å². The van der Waals surface area contributed by atoms with Gasteiger partial charge in [0.1, 0.15) is 0 Å². The lowest BCUT2D eigenvalue weighted by Crippen LogP contribution is -2.45. The Morgan fingerprint density at radius 2 is 1.26 bits per heavy atom. The zero-order chi connectivity index (χ0) is 18.5. The SMILES string of the molecule is O=C(NNC(=O)[C@@H]1CC12CCC2)[C@H]1CC1(c1ccccc1)c1ccccc1. The highest BCUT2D eigenvalue weighted by Gasteiger charge is 2.62. The molecule has 4 heteroatoms. The summed E-state index contributed by atoms with van der Waals surface area (Å²) in [6.07, 6.45) is 5.29. The van der Waals surface area contributed by atoms with Crippen molar-refractivity contribution >= 4 is 11.8 Å². The molecule has 0 saturated heterocycles.